The highest BCUT2D eigenvalue weighted by Gasteiger charge is 2.20. The monoisotopic (exact) mass is 291 g/mol. The summed E-state index contributed by atoms with van der Waals surface area (Å²) in [6.45, 7) is 3.52. The fourth-order valence-electron chi connectivity index (χ4n) is 1.99. The lowest BCUT2D eigenvalue weighted by Crippen LogP contribution is -2.27. The molecule has 6 heteroatoms. The summed E-state index contributed by atoms with van der Waals surface area (Å²) in [5, 5.41) is 0. The molecule has 1 atom stereocenters. The molecule has 0 bridgehead atoms. The van der Waals surface area contributed by atoms with Crippen LogP contribution < -0.4 is 10.5 Å². The van der Waals surface area contributed by atoms with Crippen LogP contribution in [0.4, 0.5) is 5.69 Å². The molecule has 0 aliphatic carbocycles. The minimum absolute atomic E-state index is 0.243. The van der Waals surface area contributed by atoms with E-state index in [1.165, 1.54) is 6.07 Å². The van der Waals surface area contributed by atoms with Crippen LogP contribution in [0.1, 0.15) is 24.1 Å². The number of nitrogen functional groups attached to an aromatic ring is 1. The van der Waals surface area contributed by atoms with Gasteiger partial charge in [0.25, 0.3) is 0 Å². The Hall–Kier alpha value is -1.92. The van der Waals surface area contributed by atoms with E-state index in [4.69, 9.17) is 5.73 Å². The summed E-state index contributed by atoms with van der Waals surface area (Å²) in [6, 6.07) is 7.97. The third-order valence-electron chi connectivity index (χ3n) is 3.03. The molecule has 2 rings (SSSR count). The summed E-state index contributed by atoms with van der Waals surface area (Å²) in [5.74, 6) is 0. The van der Waals surface area contributed by atoms with Crippen molar-refractivity contribution in [3.8, 4) is 0 Å². The summed E-state index contributed by atoms with van der Waals surface area (Å²) in [5.41, 5.74) is 7.67. The normalized spacial score (nSPS) is 13.1. The molecule has 1 unspecified atom stereocenters. The lowest BCUT2D eigenvalue weighted by molar-refractivity contribution is 0.566. The van der Waals surface area contributed by atoms with E-state index < -0.39 is 10.0 Å². The zero-order valence-corrected chi connectivity index (χ0v) is 12.2. The van der Waals surface area contributed by atoms with Crippen LogP contribution in [0.15, 0.2) is 47.6 Å². The number of sulfonamides is 1. The van der Waals surface area contributed by atoms with Crippen molar-refractivity contribution in [1.82, 2.24) is 9.71 Å². The fourth-order valence-corrected chi connectivity index (χ4v) is 3.45. The molecule has 0 saturated heterocycles. The highest BCUT2D eigenvalue weighted by atomic mass is 32.2. The quantitative estimate of drug-likeness (QED) is 0.844. The van der Waals surface area contributed by atoms with Gasteiger partial charge in [0.15, 0.2) is 0 Å². The van der Waals surface area contributed by atoms with Crippen LogP contribution in [0.5, 0.6) is 0 Å². The van der Waals surface area contributed by atoms with Crippen LogP contribution in [0.2, 0.25) is 0 Å². The molecular formula is C14H17N3O2S. The van der Waals surface area contributed by atoms with Crippen LogP contribution >= 0.6 is 0 Å². The van der Waals surface area contributed by atoms with Gasteiger partial charge < -0.3 is 5.73 Å². The van der Waals surface area contributed by atoms with Gasteiger partial charge in [0.1, 0.15) is 0 Å². The van der Waals surface area contributed by atoms with Crippen molar-refractivity contribution in [3.05, 3.63) is 53.9 Å². The summed E-state index contributed by atoms with van der Waals surface area (Å²) < 4.78 is 27.4. The van der Waals surface area contributed by atoms with Gasteiger partial charge in [0.2, 0.25) is 10.0 Å². The molecule has 5 nitrogen and oxygen atoms in total. The summed E-state index contributed by atoms with van der Waals surface area (Å²) >= 11 is 0. The zero-order valence-electron chi connectivity index (χ0n) is 11.4. The average molecular weight is 291 g/mol. The number of hydrogen-bond donors (Lipinski definition) is 2. The predicted octanol–water partition coefficient (Wildman–Crippen LogP) is 2.01. The first-order valence-corrected chi connectivity index (χ1v) is 7.67. The first-order valence-electron chi connectivity index (χ1n) is 6.18. The second-order valence-electron chi connectivity index (χ2n) is 4.65. The standard InChI is InChI=1S/C14H17N3O2S/c1-10-9-13(15)3-4-14(10)20(18,19)17-11(2)12-5-7-16-8-6-12/h3-9,11,17H,15H2,1-2H3. The Labute approximate surface area is 118 Å². The van der Waals surface area contributed by atoms with Gasteiger partial charge >= 0.3 is 0 Å². The van der Waals surface area contributed by atoms with Crippen LogP contribution in [0.3, 0.4) is 0 Å². The molecule has 0 radical (unpaired) electrons. The fraction of sp³-hybridized carbons (Fsp3) is 0.214. The molecule has 106 valence electrons. The second kappa shape index (κ2) is 5.60. The van der Waals surface area contributed by atoms with Crippen LogP contribution in [0.25, 0.3) is 0 Å². The summed E-state index contributed by atoms with van der Waals surface area (Å²) in [4.78, 5) is 4.16. The Kier molecular flexibility index (Phi) is 4.06. The van der Waals surface area contributed by atoms with E-state index in [-0.39, 0.29) is 10.9 Å². The van der Waals surface area contributed by atoms with Crippen molar-refractivity contribution < 1.29 is 8.42 Å². The highest BCUT2D eigenvalue weighted by molar-refractivity contribution is 7.89. The van der Waals surface area contributed by atoms with Gasteiger partial charge in [-0.3, -0.25) is 4.98 Å². The van der Waals surface area contributed by atoms with Crippen LogP contribution in [0, 0.1) is 6.92 Å². The van der Waals surface area contributed by atoms with Crippen molar-refractivity contribution in [2.45, 2.75) is 24.8 Å². The molecule has 20 heavy (non-hydrogen) atoms. The topological polar surface area (TPSA) is 85.1 Å². The third-order valence-corrected chi connectivity index (χ3v) is 4.73. The predicted molar refractivity (Wildman–Crippen MR) is 78.6 cm³/mol. The van der Waals surface area contributed by atoms with E-state index in [0.29, 0.717) is 11.3 Å². The molecule has 0 fully saturated rings. The Balaban J connectivity index is 2.28. The Morgan fingerprint density at radius 3 is 2.45 bits per heavy atom. The molecule has 0 amide bonds. The number of nitrogens with two attached hydrogens (primary N) is 1. The minimum atomic E-state index is -3.58. The number of rotatable bonds is 4. The van der Waals surface area contributed by atoms with Gasteiger partial charge in [0, 0.05) is 24.1 Å². The van der Waals surface area contributed by atoms with Crippen molar-refractivity contribution in [3.63, 3.8) is 0 Å². The van der Waals surface area contributed by atoms with Gasteiger partial charge in [-0.15, -0.1) is 0 Å². The summed E-state index contributed by atoms with van der Waals surface area (Å²) in [6.07, 6.45) is 3.27. The number of hydrogen-bond acceptors (Lipinski definition) is 4. The van der Waals surface area contributed by atoms with E-state index >= 15 is 0 Å². The number of benzene rings is 1. The Morgan fingerprint density at radius 2 is 1.85 bits per heavy atom. The zero-order chi connectivity index (χ0) is 14.8. The molecule has 1 heterocycles. The molecule has 0 saturated carbocycles. The van der Waals surface area contributed by atoms with Gasteiger partial charge in [0.05, 0.1) is 4.90 Å². The number of aromatic nitrogens is 1. The molecule has 2 aromatic rings. The van der Waals surface area contributed by atoms with E-state index in [0.717, 1.165) is 5.56 Å². The number of pyridine rings is 1. The molecular weight excluding hydrogens is 274 g/mol. The van der Waals surface area contributed by atoms with Gasteiger partial charge in [-0.1, -0.05) is 0 Å². The maximum atomic E-state index is 12.4. The lowest BCUT2D eigenvalue weighted by atomic mass is 10.1. The van der Waals surface area contributed by atoms with E-state index in [2.05, 4.69) is 9.71 Å². The maximum Gasteiger partial charge on any atom is 0.241 e. The smallest absolute Gasteiger partial charge is 0.241 e. The first kappa shape index (κ1) is 14.5. The van der Waals surface area contributed by atoms with Gasteiger partial charge in [-0.25, -0.2) is 13.1 Å². The molecule has 0 spiro atoms. The summed E-state index contributed by atoms with van der Waals surface area (Å²) in [7, 11) is -3.58. The highest BCUT2D eigenvalue weighted by Crippen LogP contribution is 2.20. The average Bonchev–Trinajstić information content (AvgIpc) is 2.38. The van der Waals surface area contributed by atoms with Crippen LogP contribution in [-0.4, -0.2) is 13.4 Å². The third kappa shape index (κ3) is 3.15. The second-order valence-corrected chi connectivity index (χ2v) is 6.33. The van der Waals surface area contributed by atoms with E-state index in [9.17, 15) is 8.42 Å². The lowest BCUT2D eigenvalue weighted by Gasteiger charge is -2.15. The van der Waals surface area contributed by atoms with Crippen molar-refractivity contribution in [1.29, 1.82) is 0 Å². The van der Waals surface area contributed by atoms with Crippen molar-refractivity contribution in [2.75, 3.05) is 5.73 Å². The number of nitrogens with zero attached hydrogens (tertiary/aromatic N) is 1. The SMILES string of the molecule is Cc1cc(N)ccc1S(=O)(=O)NC(C)c1ccncc1. The number of anilines is 1. The van der Waals surface area contributed by atoms with Gasteiger partial charge in [-0.05, 0) is 55.3 Å². The molecule has 0 aliphatic rings. The van der Waals surface area contributed by atoms with Crippen molar-refractivity contribution >= 4 is 15.7 Å². The minimum Gasteiger partial charge on any atom is -0.399 e. The Bertz CT molecular complexity index is 700. The first-order chi connectivity index (χ1) is 9.40. The van der Waals surface area contributed by atoms with Crippen LogP contribution in [-0.2, 0) is 10.0 Å². The molecule has 1 aromatic heterocycles. The molecule has 3 N–H and O–H groups in total. The number of aryl methyl sites for hydroxylation is 1. The molecule has 0 aliphatic heterocycles. The largest absolute Gasteiger partial charge is 0.399 e. The maximum absolute atomic E-state index is 12.4. The van der Waals surface area contributed by atoms with E-state index in [1.807, 2.05) is 0 Å². The van der Waals surface area contributed by atoms with E-state index in [1.54, 1.807) is 50.5 Å². The van der Waals surface area contributed by atoms with Gasteiger partial charge in [-0.2, -0.15) is 0 Å². The number of nitrogens with one attached hydrogen (secondary N) is 1. The Morgan fingerprint density at radius 1 is 1.20 bits per heavy atom. The van der Waals surface area contributed by atoms with Crippen molar-refractivity contribution in [2.24, 2.45) is 0 Å². The molecule has 1 aromatic carbocycles.